The van der Waals surface area contributed by atoms with Gasteiger partial charge in [-0.2, -0.15) is 0 Å². The maximum atomic E-state index is 12.8. The van der Waals surface area contributed by atoms with Crippen molar-refractivity contribution in [1.82, 2.24) is 4.90 Å². The lowest BCUT2D eigenvalue weighted by molar-refractivity contribution is -0.147. The van der Waals surface area contributed by atoms with Crippen LogP contribution in [-0.2, 0) is 25.5 Å². The number of amides is 1. The van der Waals surface area contributed by atoms with Gasteiger partial charge in [-0.05, 0) is 45.1 Å². The van der Waals surface area contributed by atoms with E-state index in [4.69, 9.17) is 9.47 Å². The number of aliphatic carboxylic acids is 1. The third-order valence-electron chi connectivity index (χ3n) is 4.57. The minimum atomic E-state index is -1.03. The van der Waals surface area contributed by atoms with Gasteiger partial charge in [-0.15, -0.1) is 0 Å². The maximum Gasteiger partial charge on any atom is 0.411 e. The van der Waals surface area contributed by atoms with Gasteiger partial charge in [0, 0.05) is 6.04 Å². The Morgan fingerprint density at radius 2 is 1.81 bits per heavy atom. The first kappa shape index (κ1) is 20.7. The number of carboxylic acid groups (broad SMARTS) is 1. The van der Waals surface area contributed by atoms with E-state index in [1.165, 1.54) is 12.0 Å². The molecule has 1 aromatic carbocycles. The number of likely N-dealkylation sites (tertiary alicyclic amines) is 1. The molecule has 0 radical (unpaired) electrons. The second-order valence-electron chi connectivity index (χ2n) is 7.78. The van der Waals surface area contributed by atoms with Crippen molar-refractivity contribution in [2.24, 2.45) is 5.92 Å². The van der Waals surface area contributed by atoms with Gasteiger partial charge in [0.2, 0.25) is 0 Å². The van der Waals surface area contributed by atoms with Gasteiger partial charge in [0.25, 0.3) is 0 Å². The van der Waals surface area contributed by atoms with E-state index in [0.717, 1.165) is 5.56 Å². The van der Waals surface area contributed by atoms with Gasteiger partial charge in [0.1, 0.15) is 11.6 Å². The number of esters is 1. The second-order valence-corrected chi connectivity index (χ2v) is 7.78. The number of carbonyl (C=O) groups is 3. The zero-order valence-electron chi connectivity index (χ0n) is 16.2. The Bertz CT molecular complexity index is 681. The molecular weight excluding hydrogens is 350 g/mol. The van der Waals surface area contributed by atoms with E-state index in [-0.39, 0.29) is 12.3 Å². The first-order valence-corrected chi connectivity index (χ1v) is 8.97. The third kappa shape index (κ3) is 5.45. The molecule has 1 saturated heterocycles. The molecule has 3 atom stereocenters. The molecule has 1 amide bonds. The first-order chi connectivity index (χ1) is 12.6. The van der Waals surface area contributed by atoms with E-state index in [0.29, 0.717) is 12.8 Å². The van der Waals surface area contributed by atoms with Crippen molar-refractivity contribution in [2.45, 2.75) is 57.7 Å². The highest BCUT2D eigenvalue weighted by molar-refractivity contribution is 5.83. The fourth-order valence-electron chi connectivity index (χ4n) is 3.52. The summed E-state index contributed by atoms with van der Waals surface area (Å²) in [5.41, 5.74) is 0.260. The van der Waals surface area contributed by atoms with Gasteiger partial charge in [-0.1, -0.05) is 30.3 Å². The zero-order chi connectivity index (χ0) is 20.2. The number of hydrogen-bond acceptors (Lipinski definition) is 5. The van der Waals surface area contributed by atoms with E-state index in [9.17, 15) is 19.5 Å². The molecule has 0 aliphatic carbocycles. The molecule has 2 rings (SSSR count). The molecule has 0 bridgehead atoms. The highest BCUT2D eigenvalue weighted by Gasteiger charge is 2.49. The molecule has 148 valence electrons. The Morgan fingerprint density at radius 3 is 2.33 bits per heavy atom. The van der Waals surface area contributed by atoms with Crippen LogP contribution < -0.4 is 0 Å². The number of carboxylic acids is 1. The summed E-state index contributed by atoms with van der Waals surface area (Å²) in [6.07, 6.45) is -0.0612. The Morgan fingerprint density at radius 1 is 1.19 bits per heavy atom. The number of hydrogen-bond donors (Lipinski definition) is 1. The molecule has 1 N–H and O–H groups in total. The summed E-state index contributed by atoms with van der Waals surface area (Å²) in [4.78, 5) is 37.8. The van der Waals surface area contributed by atoms with E-state index < -0.39 is 35.7 Å². The van der Waals surface area contributed by atoms with E-state index in [1.807, 2.05) is 30.3 Å². The van der Waals surface area contributed by atoms with Crippen LogP contribution in [0.1, 0.15) is 39.2 Å². The van der Waals surface area contributed by atoms with E-state index in [2.05, 4.69) is 0 Å². The standard InChI is InChI=1S/C20H27NO6/c1-20(2,3)27-19(25)21-15(12-17(22)23)14(11-16(21)18(24)26-4)10-13-8-6-5-7-9-13/h5-9,14-16H,10-12H2,1-4H3,(H,22,23)/t14-,15+,16+/m1/s1. The average molecular weight is 377 g/mol. The quantitative estimate of drug-likeness (QED) is 0.793. The lowest BCUT2D eigenvalue weighted by atomic mass is 9.90. The van der Waals surface area contributed by atoms with Gasteiger partial charge >= 0.3 is 18.0 Å². The Kier molecular flexibility index (Phi) is 6.46. The number of nitrogens with zero attached hydrogens (tertiary/aromatic N) is 1. The van der Waals surface area contributed by atoms with Crippen LogP contribution in [0.3, 0.4) is 0 Å². The fraction of sp³-hybridized carbons (Fsp3) is 0.550. The van der Waals surface area contributed by atoms with Crippen molar-refractivity contribution in [1.29, 1.82) is 0 Å². The second kappa shape index (κ2) is 8.41. The lowest BCUT2D eigenvalue weighted by Crippen LogP contribution is -2.48. The summed E-state index contributed by atoms with van der Waals surface area (Å²) in [6.45, 7) is 5.17. The number of carbonyl (C=O) groups excluding carboxylic acids is 2. The van der Waals surface area contributed by atoms with Crippen molar-refractivity contribution < 1.29 is 29.0 Å². The Labute approximate surface area is 159 Å². The number of ether oxygens (including phenoxy) is 2. The molecule has 1 fully saturated rings. The summed E-state index contributed by atoms with van der Waals surface area (Å²) < 4.78 is 10.3. The zero-order valence-corrected chi connectivity index (χ0v) is 16.2. The van der Waals surface area contributed by atoms with Crippen LogP contribution in [0.25, 0.3) is 0 Å². The SMILES string of the molecule is COC(=O)[C@@H]1C[C@@H](Cc2ccccc2)[C@H](CC(=O)O)N1C(=O)OC(C)(C)C. The third-order valence-corrected chi connectivity index (χ3v) is 4.57. The normalized spacial score (nSPS) is 22.4. The molecule has 1 aliphatic heterocycles. The molecule has 27 heavy (non-hydrogen) atoms. The fourth-order valence-corrected chi connectivity index (χ4v) is 3.52. The molecule has 0 saturated carbocycles. The molecule has 0 aromatic heterocycles. The predicted octanol–water partition coefficient (Wildman–Crippen LogP) is 2.87. The predicted molar refractivity (Wildman–Crippen MR) is 98.2 cm³/mol. The molecule has 1 aliphatic rings. The minimum Gasteiger partial charge on any atom is -0.481 e. The van der Waals surface area contributed by atoms with E-state index in [1.54, 1.807) is 20.8 Å². The van der Waals surface area contributed by atoms with Crippen molar-refractivity contribution >= 4 is 18.0 Å². The molecule has 7 heteroatoms. The van der Waals surface area contributed by atoms with Crippen LogP contribution >= 0.6 is 0 Å². The molecule has 7 nitrogen and oxygen atoms in total. The van der Waals surface area contributed by atoms with Crippen LogP contribution in [0.4, 0.5) is 4.79 Å². The number of rotatable bonds is 5. The Balaban J connectivity index is 2.35. The number of methoxy groups -OCH3 is 1. The smallest absolute Gasteiger partial charge is 0.411 e. The van der Waals surface area contributed by atoms with Crippen molar-refractivity contribution in [3.63, 3.8) is 0 Å². The van der Waals surface area contributed by atoms with Gasteiger partial charge in [-0.3, -0.25) is 9.69 Å². The van der Waals surface area contributed by atoms with Crippen LogP contribution in [0, 0.1) is 5.92 Å². The molecule has 1 aromatic rings. The maximum absolute atomic E-state index is 12.8. The van der Waals surface area contributed by atoms with Gasteiger partial charge in [-0.25, -0.2) is 9.59 Å². The lowest BCUT2D eigenvalue weighted by Gasteiger charge is -2.32. The van der Waals surface area contributed by atoms with Gasteiger partial charge in [0.15, 0.2) is 0 Å². The van der Waals surface area contributed by atoms with Crippen molar-refractivity contribution in [3.05, 3.63) is 35.9 Å². The van der Waals surface area contributed by atoms with Crippen molar-refractivity contribution in [2.75, 3.05) is 7.11 Å². The Hall–Kier alpha value is -2.57. The van der Waals surface area contributed by atoms with Crippen LogP contribution in [0.5, 0.6) is 0 Å². The summed E-state index contributed by atoms with van der Waals surface area (Å²) >= 11 is 0. The highest BCUT2D eigenvalue weighted by Crippen LogP contribution is 2.36. The molecule has 1 heterocycles. The molecule has 0 unspecified atom stereocenters. The summed E-state index contributed by atoms with van der Waals surface area (Å²) in [7, 11) is 1.26. The molecule has 0 spiro atoms. The topological polar surface area (TPSA) is 93.1 Å². The average Bonchev–Trinajstić information content (AvgIpc) is 2.91. The summed E-state index contributed by atoms with van der Waals surface area (Å²) in [6, 6.07) is 8.09. The van der Waals surface area contributed by atoms with E-state index >= 15 is 0 Å². The largest absolute Gasteiger partial charge is 0.481 e. The summed E-state index contributed by atoms with van der Waals surface area (Å²) in [5, 5.41) is 9.38. The van der Waals surface area contributed by atoms with Crippen LogP contribution in [0.15, 0.2) is 30.3 Å². The van der Waals surface area contributed by atoms with Gasteiger partial charge in [0.05, 0.1) is 13.5 Å². The molecular formula is C20H27NO6. The summed E-state index contributed by atoms with van der Waals surface area (Å²) in [5.74, 6) is -1.79. The van der Waals surface area contributed by atoms with Crippen LogP contribution in [-0.4, -0.2) is 52.8 Å². The van der Waals surface area contributed by atoms with Gasteiger partial charge < -0.3 is 14.6 Å². The first-order valence-electron chi connectivity index (χ1n) is 8.97. The minimum absolute atomic E-state index is 0.194. The highest BCUT2D eigenvalue weighted by atomic mass is 16.6. The number of benzene rings is 1. The monoisotopic (exact) mass is 377 g/mol. The van der Waals surface area contributed by atoms with Crippen LogP contribution in [0.2, 0.25) is 0 Å². The van der Waals surface area contributed by atoms with Crippen molar-refractivity contribution in [3.8, 4) is 0 Å².